The van der Waals surface area contributed by atoms with Gasteiger partial charge in [0.05, 0.1) is 12.3 Å². The van der Waals surface area contributed by atoms with Crippen LogP contribution in [-0.2, 0) is 7.05 Å². The van der Waals surface area contributed by atoms with Crippen LogP contribution in [0, 0.1) is 5.82 Å². The number of nitrogens with one attached hydrogen (secondary N) is 1. The maximum absolute atomic E-state index is 13.4. The highest BCUT2D eigenvalue weighted by Crippen LogP contribution is 2.20. The molecule has 0 spiro atoms. The highest BCUT2D eigenvalue weighted by Gasteiger charge is 2.17. The second-order valence-corrected chi connectivity index (χ2v) is 8.77. The van der Waals surface area contributed by atoms with Gasteiger partial charge in [0.15, 0.2) is 17.0 Å². The van der Waals surface area contributed by atoms with Crippen LogP contribution in [0.5, 0.6) is 5.75 Å². The Balaban J connectivity index is 1.45. The first kappa shape index (κ1) is 27.1. The predicted molar refractivity (Wildman–Crippen MR) is 144 cm³/mol. The average molecular weight is 522 g/mol. The Labute approximate surface area is 219 Å². The Morgan fingerprint density at radius 2 is 1.68 bits per heavy atom. The number of nitrogens with zero attached hydrogens (tertiary/aromatic N) is 6. The SMILES string of the molecule is CCN(CC)CCNCCCOc1ccc(-c2nnc3c(n2)c(=O)n(C)c(=O)n3-c2ccc(F)cc2)cc1. The average Bonchev–Trinajstić information content (AvgIpc) is 2.94. The predicted octanol–water partition coefficient (Wildman–Crippen LogP) is 2.38. The Morgan fingerprint density at radius 3 is 2.37 bits per heavy atom. The molecule has 0 aliphatic heterocycles. The standard InChI is InChI=1S/C27H32FN7O3/c1-4-34(5-2)17-16-29-15-6-18-38-22-13-7-19(8-14-22)24-30-23-25(32-31-24)35(27(37)33(3)26(23)36)21-11-9-20(28)10-12-21/h7-14,29H,4-6,15-18H2,1-3H3. The van der Waals surface area contributed by atoms with E-state index < -0.39 is 17.1 Å². The third-order valence-corrected chi connectivity index (χ3v) is 6.33. The van der Waals surface area contributed by atoms with Gasteiger partial charge in [-0.2, -0.15) is 0 Å². The van der Waals surface area contributed by atoms with Crippen molar-refractivity contribution in [1.29, 1.82) is 0 Å². The fourth-order valence-electron chi connectivity index (χ4n) is 4.04. The molecule has 0 saturated carbocycles. The molecule has 0 atom stereocenters. The number of aromatic nitrogens is 5. The molecule has 0 saturated heterocycles. The van der Waals surface area contributed by atoms with Gasteiger partial charge >= 0.3 is 5.69 Å². The summed E-state index contributed by atoms with van der Waals surface area (Å²) in [5.41, 5.74) is -0.245. The smallest absolute Gasteiger partial charge is 0.337 e. The van der Waals surface area contributed by atoms with Gasteiger partial charge in [-0.05, 0) is 74.6 Å². The molecule has 0 aliphatic carbocycles. The summed E-state index contributed by atoms with van der Waals surface area (Å²) in [6.07, 6.45) is 0.886. The highest BCUT2D eigenvalue weighted by molar-refractivity contribution is 5.73. The van der Waals surface area contributed by atoms with Gasteiger partial charge in [0.1, 0.15) is 11.6 Å². The van der Waals surface area contributed by atoms with Crippen LogP contribution in [0.15, 0.2) is 58.1 Å². The number of fused-ring (bicyclic) bond motifs is 1. The van der Waals surface area contributed by atoms with Crippen LogP contribution >= 0.6 is 0 Å². The van der Waals surface area contributed by atoms with Crippen LogP contribution in [0.2, 0.25) is 0 Å². The Bertz CT molecular complexity index is 1480. The zero-order valence-corrected chi connectivity index (χ0v) is 21.9. The summed E-state index contributed by atoms with van der Waals surface area (Å²) in [7, 11) is 1.36. The summed E-state index contributed by atoms with van der Waals surface area (Å²) >= 11 is 0. The lowest BCUT2D eigenvalue weighted by Crippen LogP contribution is -2.38. The second kappa shape index (κ2) is 12.5. The van der Waals surface area contributed by atoms with Crippen LogP contribution in [0.3, 0.4) is 0 Å². The van der Waals surface area contributed by atoms with Crippen molar-refractivity contribution >= 4 is 11.2 Å². The molecular weight excluding hydrogens is 489 g/mol. The summed E-state index contributed by atoms with van der Waals surface area (Å²) in [6, 6.07) is 12.5. The molecule has 200 valence electrons. The van der Waals surface area contributed by atoms with E-state index in [2.05, 4.69) is 39.2 Å². The number of hydrogen-bond acceptors (Lipinski definition) is 8. The van der Waals surface area contributed by atoms with Crippen molar-refractivity contribution in [3.63, 3.8) is 0 Å². The number of rotatable bonds is 12. The minimum atomic E-state index is -0.626. The molecule has 1 N–H and O–H groups in total. The van der Waals surface area contributed by atoms with Crippen molar-refractivity contribution in [2.45, 2.75) is 20.3 Å². The first-order chi connectivity index (χ1) is 18.4. The largest absolute Gasteiger partial charge is 0.494 e. The van der Waals surface area contributed by atoms with Crippen LogP contribution in [-0.4, -0.2) is 68.5 Å². The lowest BCUT2D eigenvalue weighted by atomic mass is 10.2. The van der Waals surface area contributed by atoms with Crippen molar-refractivity contribution < 1.29 is 9.13 Å². The van der Waals surface area contributed by atoms with Crippen molar-refractivity contribution in [3.8, 4) is 22.8 Å². The van der Waals surface area contributed by atoms with E-state index in [0.29, 0.717) is 23.6 Å². The van der Waals surface area contributed by atoms with Gasteiger partial charge in [-0.3, -0.25) is 9.36 Å². The zero-order valence-electron chi connectivity index (χ0n) is 21.9. The Hall–Kier alpha value is -3.96. The minimum Gasteiger partial charge on any atom is -0.494 e. The van der Waals surface area contributed by atoms with Gasteiger partial charge in [0, 0.05) is 25.7 Å². The molecule has 2 aromatic heterocycles. The molecule has 0 fully saturated rings. The van der Waals surface area contributed by atoms with Crippen LogP contribution in [0.25, 0.3) is 28.2 Å². The van der Waals surface area contributed by atoms with Gasteiger partial charge in [-0.25, -0.2) is 18.7 Å². The van der Waals surface area contributed by atoms with Crippen LogP contribution in [0.1, 0.15) is 20.3 Å². The highest BCUT2D eigenvalue weighted by atomic mass is 19.1. The molecule has 0 unspecified atom stereocenters. The van der Waals surface area contributed by atoms with E-state index >= 15 is 0 Å². The Morgan fingerprint density at radius 1 is 0.974 bits per heavy atom. The number of benzene rings is 2. The van der Waals surface area contributed by atoms with Gasteiger partial charge in [-0.15, -0.1) is 10.2 Å². The summed E-state index contributed by atoms with van der Waals surface area (Å²) in [4.78, 5) is 32.4. The third kappa shape index (κ3) is 6.12. The molecule has 0 aliphatic rings. The summed E-state index contributed by atoms with van der Waals surface area (Å²) in [5.74, 6) is 0.506. The molecule has 2 aromatic carbocycles. The van der Waals surface area contributed by atoms with Gasteiger partial charge < -0.3 is 15.0 Å². The molecule has 38 heavy (non-hydrogen) atoms. The van der Waals surface area contributed by atoms with E-state index in [1.54, 1.807) is 12.1 Å². The molecule has 10 nitrogen and oxygen atoms in total. The van der Waals surface area contributed by atoms with E-state index in [-0.39, 0.29) is 17.0 Å². The molecule has 0 amide bonds. The third-order valence-electron chi connectivity index (χ3n) is 6.33. The second-order valence-electron chi connectivity index (χ2n) is 8.77. The first-order valence-electron chi connectivity index (χ1n) is 12.7. The lowest BCUT2D eigenvalue weighted by molar-refractivity contribution is 0.291. The fourth-order valence-corrected chi connectivity index (χ4v) is 4.04. The van der Waals surface area contributed by atoms with Gasteiger partial charge in [0.25, 0.3) is 5.56 Å². The molecular formula is C27H32FN7O3. The fraction of sp³-hybridized carbons (Fsp3) is 0.370. The number of ether oxygens (including phenoxy) is 1. The monoisotopic (exact) mass is 521 g/mol. The van der Waals surface area contributed by atoms with Crippen molar-refractivity contribution in [2.75, 3.05) is 39.3 Å². The van der Waals surface area contributed by atoms with Crippen LogP contribution < -0.4 is 21.3 Å². The topological polar surface area (TPSA) is 107 Å². The molecule has 11 heteroatoms. The van der Waals surface area contributed by atoms with Crippen molar-refractivity contribution in [2.24, 2.45) is 7.05 Å². The number of likely N-dealkylation sites (N-methyl/N-ethyl adjacent to an activating group) is 1. The first-order valence-corrected chi connectivity index (χ1v) is 12.7. The van der Waals surface area contributed by atoms with Crippen molar-refractivity contribution in [1.82, 2.24) is 34.5 Å². The number of halogens is 1. The maximum atomic E-state index is 13.4. The quantitative estimate of drug-likeness (QED) is 0.283. The molecule has 2 heterocycles. The zero-order chi connectivity index (χ0) is 27.1. The van der Waals surface area contributed by atoms with Crippen molar-refractivity contribution in [3.05, 3.63) is 75.2 Å². The number of hydrogen-bond donors (Lipinski definition) is 1. The summed E-state index contributed by atoms with van der Waals surface area (Å²) in [5, 5.41) is 11.7. The molecule has 0 bridgehead atoms. The minimum absolute atomic E-state index is 0.000817. The van der Waals surface area contributed by atoms with Crippen LogP contribution in [0.4, 0.5) is 4.39 Å². The van der Waals surface area contributed by atoms with Gasteiger partial charge in [0.2, 0.25) is 0 Å². The van der Waals surface area contributed by atoms with E-state index in [9.17, 15) is 14.0 Å². The molecule has 0 radical (unpaired) electrons. The molecule has 4 aromatic rings. The summed E-state index contributed by atoms with van der Waals surface area (Å²) in [6.45, 7) is 9.92. The normalized spacial score (nSPS) is 11.4. The van der Waals surface area contributed by atoms with E-state index in [4.69, 9.17) is 4.74 Å². The Kier molecular flexibility index (Phi) is 8.93. The van der Waals surface area contributed by atoms with Gasteiger partial charge in [-0.1, -0.05) is 13.8 Å². The lowest BCUT2D eigenvalue weighted by Gasteiger charge is -2.17. The van der Waals surface area contributed by atoms with E-state index in [1.807, 2.05) is 12.1 Å². The maximum Gasteiger partial charge on any atom is 0.337 e. The molecule has 4 rings (SSSR count). The van der Waals surface area contributed by atoms with E-state index in [1.165, 1.54) is 35.9 Å². The van der Waals surface area contributed by atoms with E-state index in [0.717, 1.165) is 43.7 Å². The summed E-state index contributed by atoms with van der Waals surface area (Å²) < 4.78 is 21.4.